The number of phenols is 1. The van der Waals surface area contributed by atoms with E-state index in [4.69, 9.17) is 4.99 Å². The molecule has 2 nitrogen and oxygen atoms in total. The van der Waals surface area contributed by atoms with Crippen molar-refractivity contribution in [1.29, 1.82) is 0 Å². The summed E-state index contributed by atoms with van der Waals surface area (Å²) in [5, 5.41) is 11.1. The molecule has 2 atom stereocenters. The Hall–Kier alpha value is -1.66. The Morgan fingerprint density at radius 3 is 2.13 bits per heavy atom. The lowest BCUT2D eigenvalue weighted by atomic mass is 9.64. The van der Waals surface area contributed by atoms with Crippen LogP contribution in [0.2, 0.25) is 0 Å². The number of hydrogen-bond acceptors (Lipinski definition) is 2. The molecule has 3 aliphatic rings. The molecule has 2 unspecified atom stereocenters. The largest absolute Gasteiger partial charge is 0.508 e. The number of hydrogen-bond donors (Lipinski definition) is 1. The Bertz CT molecular complexity index is 898. The molecule has 2 aromatic rings. The first kappa shape index (κ1) is 21.2. The molecule has 0 amide bonds. The minimum Gasteiger partial charge on any atom is -0.508 e. The summed E-state index contributed by atoms with van der Waals surface area (Å²) < 4.78 is 0. The minimum absolute atomic E-state index is 0.0786. The third-order valence-corrected chi connectivity index (χ3v) is 11.3. The number of nitrogens with zero attached hydrogens (tertiary/aromatic N) is 1. The zero-order valence-electron chi connectivity index (χ0n) is 18.7. The van der Waals surface area contributed by atoms with Gasteiger partial charge in [0.15, 0.2) is 0 Å². The summed E-state index contributed by atoms with van der Waals surface area (Å²) in [6.45, 7) is 0. The van der Waals surface area contributed by atoms with E-state index in [2.05, 4.69) is 42.5 Å². The van der Waals surface area contributed by atoms with Crippen LogP contribution in [-0.2, 0) is 5.41 Å². The maximum absolute atomic E-state index is 11.1. The van der Waals surface area contributed by atoms with Crippen LogP contribution in [0.3, 0.4) is 0 Å². The van der Waals surface area contributed by atoms with Crippen LogP contribution in [0, 0.1) is 5.92 Å². The van der Waals surface area contributed by atoms with Gasteiger partial charge in [0, 0.05) is 11.0 Å². The molecule has 1 N–H and O–H groups in total. The van der Waals surface area contributed by atoms with Crippen LogP contribution in [0.1, 0.15) is 76.2 Å². The van der Waals surface area contributed by atoms with Crippen molar-refractivity contribution in [3.63, 3.8) is 0 Å². The van der Waals surface area contributed by atoms with Crippen molar-refractivity contribution < 1.29 is 5.11 Å². The smallest absolute Gasteiger partial charge is 0.119 e. The van der Waals surface area contributed by atoms with Crippen molar-refractivity contribution in [1.82, 2.24) is 0 Å². The number of aliphatic imine (C=N–C) groups is 1. The van der Waals surface area contributed by atoms with Crippen molar-refractivity contribution in [3.8, 4) is 5.75 Å². The Labute approximate surface area is 188 Å². The molecule has 2 aromatic carbocycles. The monoisotopic (exact) mass is 433 g/mol. The van der Waals surface area contributed by atoms with E-state index in [0.717, 1.165) is 16.9 Å². The zero-order chi connectivity index (χ0) is 21.1. The van der Waals surface area contributed by atoms with Gasteiger partial charge in [-0.2, -0.15) is 0 Å². The second-order valence-electron chi connectivity index (χ2n) is 9.83. The highest BCUT2D eigenvalue weighted by atomic mass is 31.1. The van der Waals surface area contributed by atoms with Crippen LogP contribution in [0.4, 0.5) is 5.69 Å². The normalized spacial score (nSPS) is 29.4. The average molecular weight is 434 g/mol. The molecular formula is C28H36NOP. The molecule has 5 rings (SSSR count). The molecule has 3 heteroatoms. The molecule has 0 aromatic heterocycles. The molecule has 0 bridgehead atoms. The van der Waals surface area contributed by atoms with Gasteiger partial charge in [-0.25, -0.2) is 0 Å². The van der Waals surface area contributed by atoms with Gasteiger partial charge in [-0.15, -0.1) is 0 Å². The van der Waals surface area contributed by atoms with Crippen molar-refractivity contribution in [2.45, 2.75) is 81.7 Å². The maximum atomic E-state index is 11.1. The van der Waals surface area contributed by atoms with Crippen LogP contribution >= 0.6 is 7.92 Å². The molecule has 31 heavy (non-hydrogen) atoms. The van der Waals surface area contributed by atoms with Gasteiger partial charge in [0.1, 0.15) is 5.75 Å². The topological polar surface area (TPSA) is 32.6 Å². The summed E-state index contributed by atoms with van der Waals surface area (Å²) in [4.78, 5) is 5.50. The summed E-state index contributed by atoms with van der Waals surface area (Å²) in [5.74, 6) is 1.09. The lowest BCUT2D eigenvalue weighted by Crippen LogP contribution is -2.40. The van der Waals surface area contributed by atoms with Gasteiger partial charge in [-0.3, -0.25) is 4.99 Å². The molecule has 0 radical (unpaired) electrons. The van der Waals surface area contributed by atoms with Gasteiger partial charge in [0.2, 0.25) is 0 Å². The number of para-hydroxylation sites is 2. The summed E-state index contributed by atoms with van der Waals surface area (Å²) >= 11 is 0. The molecule has 164 valence electrons. The van der Waals surface area contributed by atoms with Crippen molar-refractivity contribution in [2.24, 2.45) is 10.9 Å². The van der Waals surface area contributed by atoms with Crippen molar-refractivity contribution >= 4 is 19.1 Å². The summed E-state index contributed by atoms with van der Waals surface area (Å²) in [6, 6.07) is 18.8. The Balaban J connectivity index is 1.67. The van der Waals surface area contributed by atoms with Crippen molar-refractivity contribution in [2.75, 3.05) is 6.16 Å². The number of rotatable bonds is 4. The quantitative estimate of drug-likeness (QED) is 0.485. The van der Waals surface area contributed by atoms with E-state index in [1.54, 1.807) is 0 Å². The predicted molar refractivity (Wildman–Crippen MR) is 133 cm³/mol. The molecule has 1 aliphatic heterocycles. The first-order valence-electron chi connectivity index (χ1n) is 12.5. The van der Waals surface area contributed by atoms with E-state index in [-0.39, 0.29) is 13.3 Å². The van der Waals surface area contributed by atoms with Gasteiger partial charge < -0.3 is 5.11 Å². The first-order valence-corrected chi connectivity index (χ1v) is 14.1. The van der Waals surface area contributed by atoms with Crippen LogP contribution < -0.4 is 0 Å². The van der Waals surface area contributed by atoms with Gasteiger partial charge in [0.25, 0.3) is 0 Å². The lowest BCUT2D eigenvalue weighted by molar-refractivity contribution is 0.257. The summed E-state index contributed by atoms with van der Waals surface area (Å²) in [7, 11) is -0.260. The van der Waals surface area contributed by atoms with E-state index in [0.29, 0.717) is 11.7 Å². The number of aromatic hydroxyl groups is 1. The van der Waals surface area contributed by atoms with Gasteiger partial charge in [0.05, 0.1) is 11.1 Å². The van der Waals surface area contributed by atoms with Crippen molar-refractivity contribution in [3.05, 3.63) is 60.2 Å². The molecule has 2 aliphatic carbocycles. The standard InChI is InChI=1S/C28H36NOP/c30-26-19-11-10-18-25(26)28(22-12-4-1-5-13-22)20-21-31(24-16-8-3-9-17-24)27(28)29-23-14-6-2-7-15-23/h2,6-7,10-11,14-15,18-19,22,24,30H,1,3-5,8-9,12-13,16-17,20-21H2. The minimum atomic E-state index is -0.260. The van der Waals surface area contributed by atoms with E-state index in [9.17, 15) is 5.11 Å². The van der Waals surface area contributed by atoms with E-state index in [1.807, 2.05) is 12.1 Å². The molecule has 1 heterocycles. The molecule has 3 fully saturated rings. The highest BCUT2D eigenvalue weighted by Gasteiger charge is 2.54. The van der Waals surface area contributed by atoms with Gasteiger partial charge >= 0.3 is 0 Å². The third-order valence-electron chi connectivity index (χ3n) is 8.11. The second-order valence-corrected chi connectivity index (χ2v) is 12.4. The van der Waals surface area contributed by atoms with Gasteiger partial charge in [-0.1, -0.05) is 82.8 Å². The number of benzene rings is 2. The third kappa shape index (κ3) is 4.09. The first-order chi connectivity index (χ1) is 15.3. The Morgan fingerprint density at radius 1 is 0.774 bits per heavy atom. The van der Waals surface area contributed by atoms with E-state index >= 15 is 0 Å². The van der Waals surface area contributed by atoms with Crippen LogP contribution in [-0.4, -0.2) is 22.4 Å². The lowest BCUT2D eigenvalue weighted by Gasteiger charge is -2.42. The molecular weight excluding hydrogens is 397 g/mol. The molecule has 1 saturated heterocycles. The maximum Gasteiger partial charge on any atom is 0.119 e. The SMILES string of the molecule is Oc1ccccc1C1(C2CCCCC2)CCP(C2CCCCC2)C1=Nc1ccccc1. The van der Waals surface area contributed by atoms with Crippen LogP contribution in [0.15, 0.2) is 59.6 Å². The fourth-order valence-corrected chi connectivity index (χ4v) is 10.3. The summed E-state index contributed by atoms with van der Waals surface area (Å²) in [6.07, 6.45) is 15.9. The zero-order valence-corrected chi connectivity index (χ0v) is 19.6. The molecule has 2 saturated carbocycles. The van der Waals surface area contributed by atoms with E-state index < -0.39 is 0 Å². The predicted octanol–water partition coefficient (Wildman–Crippen LogP) is 8.16. The van der Waals surface area contributed by atoms with Crippen LogP contribution in [0.5, 0.6) is 5.75 Å². The second kappa shape index (κ2) is 9.45. The fourth-order valence-electron chi connectivity index (χ4n) is 6.62. The molecule has 0 spiro atoms. The Morgan fingerprint density at radius 2 is 1.42 bits per heavy atom. The summed E-state index contributed by atoms with van der Waals surface area (Å²) in [5.41, 5.74) is 4.47. The fraction of sp³-hybridized carbons (Fsp3) is 0.536. The highest BCUT2D eigenvalue weighted by molar-refractivity contribution is 7.76. The van der Waals surface area contributed by atoms with E-state index in [1.165, 1.54) is 82.2 Å². The Kier molecular flexibility index (Phi) is 6.46. The highest BCUT2D eigenvalue weighted by Crippen LogP contribution is 2.65. The van der Waals surface area contributed by atoms with Gasteiger partial charge in [-0.05, 0) is 68.0 Å². The average Bonchev–Trinajstić information content (AvgIpc) is 3.21. The number of phenolic OH excluding ortho intramolecular Hbond substituents is 1. The van der Waals surface area contributed by atoms with Crippen LogP contribution in [0.25, 0.3) is 0 Å².